The van der Waals surface area contributed by atoms with Crippen LogP contribution in [0.25, 0.3) is 0 Å². The van der Waals surface area contributed by atoms with Crippen molar-refractivity contribution in [3.8, 4) is 0 Å². The maximum absolute atomic E-state index is 11.2. The number of aromatic carboxylic acids is 1. The fourth-order valence-electron chi connectivity index (χ4n) is 2.07. The second-order valence-electron chi connectivity index (χ2n) is 4.60. The van der Waals surface area contributed by atoms with Crippen molar-refractivity contribution in [3.05, 3.63) is 69.3 Å². The van der Waals surface area contributed by atoms with E-state index in [1.807, 2.05) is 31.2 Å². The Balaban J connectivity index is 2.33. The minimum Gasteiger partial charge on any atom is -0.478 e. The Bertz CT molecular complexity index is 666. The summed E-state index contributed by atoms with van der Waals surface area (Å²) in [6.07, 6.45) is 0. The Labute approximate surface area is 121 Å². The van der Waals surface area contributed by atoms with E-state index >= 15 is 0 Å². The molecule has 0 aliphatic heterocycles. The van der Waals surface area contributed by atoms with E-state index < -0.39 is 10.9 Å². The Morgan fingerprint density at radius 2 is 2.00 bits per heavy atom. The highest BCUT2D eigenvalue weighted by Crippen LogP contribution is 2.28. The van der Waals surface area contributed by atoms with E-state index in [0.29, 0.717) is 6.54 Å². The molecule has 6 nitrogen and oxygen atoms in total. The third kappa shape index (κ3) is 3.36. The number of nitrogens with zero attached hydrogens (tertiary/aromatic N) is 1. The van der Waals surface area contributed by atoms with Crippen LogP contribution in [0.3, 0.4) is 0 Å². The molecule has 21 heavy (non-hydrogen) atoms. The number of carbonyl (C=O) groups is 1. The molecular formula is C15H14N2O4. The average Bonchev–Trinajstić information content (AvgIpc) is 2.44. The third-order valence-corrected chi connectivity index (χ3v) is 3.02. The molecule has 6 heteroatoms. The first-order valence-electron chi connectivity index (χ1n) is 6.29. The van der Waals surface area contributed by atoms with Gasteiger partial charge in [-0.25, -0.2) is 4.79 Å². The molecule has 2 aromatic rings. The van der Waals surface area contributed by atoms with Crippen LogP contribution in [0.2, 0.25) is 0 Å². The van der Waals surface area contributed by atoms with E-state index in [-0.39, 0.29) is 16.9 Å². The van der Waals surface area contributed by atoms with Gasteiger partial charge in [-0.05, 0) is 18.6 Å². The quantitative estimate of drug-likeness (QED) is 0.650. The van der Waals surface area contributed by atoms with Crippen LogP contribution < -0.4 is 5.32 Å². The van der Waals surface area contributed by atoms with Crippen molar-refractivity contribution in [1.82, 2.24) is 0 Å². The maximum atomic E-state index is 11.2. The summed E-state index contributed by atoms with van der Waals surface area (Å²) in [5.74, 6) is -1.20. The molecule has 2 N–H and O–H groups in total. The molecule has 0 spiro atoms. The summed E-state index contributed by atoms with van der Waals surface area (Å²) >= 11 is 0. The summed E-state index contributed by atoms with van der Waals surface area (Å²) < 4.78 is 0. The number of anilines is 1. The van der Waals surface area contributed by atoms with Gasteiger partial charge >= 0.3 is 5.97 Å². The highest BCUT2D eigenvalue weighted by atomic mass is 16.6. The molecule has 0 unspecified atom stereocenters. The standard InChI is InChI=1S/C15H14N2O4/c1-10-4-2-5-11(8-10)9-16-14-12(15(18)19)6-3-7-13(14)17(20)21/h2-8,16H,9H2,1H3,(H,18,19). The molecule has 0 atom stereocenters. The molecule has 108 valence electrons. The second-order valence-corrected chi connectivity index (χ2v) is 4.60. The van der Waals surface area contributed by atoms with Crippen LogP contribution in [0.5, 0.6) is 0 Å². The smallest absolute Gasteiger partial charge is 0.338 e. The van der Waals surface area contributed by atoms with Crippen LogP contribution in [-0.2, 0) is 6.54 Å². The minimum absolute atomic E-state index is 0.0245. The van der Waals surface area contributed by atoms with Crippen molar-refractivity contribution in [2.75, 3.05) is 5.32 Å². The summed E-state index contributed by atoms with van der Waals surface area (Å²) in [7, 11) is 0. The Hall–Kier alpha value is -2.89. The van der Waals surface area contributed by atoms with E-state index in [2.05, 4.69) is 5.32 Å². The molecule has 2 aromatic carbocycles. The van der Waals surface area contributed by atoms with Crippen LogP contribution in [-0.4, -0.2) is 16.0 Å². The lowest BCUT2D eigenvalue weighted by molar-refractivity contribution is -0.384. The molecule has 0 bridgehead atoms. The molecule has 0 saturated heterocycles. The number of nitro benzene ring substituents is 1. The summed E-state index contributed by atoms with van der Waals surface area (Å²) in [5, 5.41) is 23.1. The number of aryl methyl sites for hydroxylation is 1. The van der Waals surface area contributed by atoms with Gasteiger partial charge in [0.2, 0.25) is 0 Å². The molecular weight excluding hydrogens is 272 g/mol. The molecule has 2 rings (SSSR count). The molecule has 0 aliphatic carbocycles. The molecule has 0 amide bonds. The lowest BCUT2D eigenvalue weighted by atomic mass is 10.1. The van der Waals surface area contributed by atoms with Crippen molar-refractivity contribution < 1.29 is 14.8 Å². The molecule has 0 saturated carbocycles. The van der Waals surface area contributed by atoms with Crippen LogP contribution in [0.1, 0.15) is 21.5 Å². The first kappa shape index (κ1) is 14.5. The molecule has 0 fully saturated rings. The largest absolute Gasteiger partial charge is 0.478 e. The van der Waals surface area contributed by atoms with E-state index in [9.17, 15) is 14.9 Å². The lowest BCUT2D eigenvalue weighted by Crippen LogP contribution is -2.09. The van der Waals surface area contributed by atoms with Crippen molar-refractivity contribution in [3.63, 3.8) is 0 Å². The summed E-state index contributed by atoms with van der Waals surface area (Å²) in [6.45, 7) is 2.25. The van der Waals surface area contributed by atoms with Gasteiger partial charge < -0.3 is 10.4 Å². The molecule has 0 heterocycles. The van der Waals surface area contributed by atoms with E-state index in [0.717, 1.165) is 11.1 Å². The Kier molecular flexibility index (Phi) is 4.18. The summed E-state index contributed by atoms with van der Waals surface area (Å²) in [5.41, 5.74) is 1.65. The minimum atomic E-state index is -1.20. The number of hydrogen-bond acceptors (Lipinski definition) is 4. The summed E-state index contributed by atoms with van der Waals surface area (Å²) in [6, 6.07) is 11.6. The third-order valence-electron chi connectivity index (χ3n) is 3.02. The second kappa shape index (κ2) is 6.04. The number of benzene rings is 2. The number of para-hydroxylation sites is 1. The highest BCUT2D eigenvalue weighted by Gasteiger charge is 2.20. The predicted molar refractivity (Wildman–Crippen MR) is 78.6 cm³/mol. The van der Waals surface area contributed by atoms with E-state index in [1.54, 1.807) is 0 Å². The first-order valence-corrected chi connectivity index (χ1v) is 6.29. The number of hydrogen-bond donors (Lipinski definition) is 2. The predicted octanol–water partition coefficient (Wildman–Crippen LogP) is 3.21. The van der Waals surface area contributed by atoms with Crippen LogP contribution >= 0.6 is 0 Å². The van der Waals surface area contributed by atoms with Crippen molar-refractivity contribution >= 4 is 17.3 Å². The average molecular weight is 286 g/mol. The van der Waals surface area contributed by atoms with Gasteiger partial charge in [0.25, 0.3) is 5.69 Å². The topological polar surface area (TPSA) is 92.5 Å². The fraction of sp³-hybridized carbons (Fsp3) is 0.133. The lowest BCUT2D eigenvalue weighted by Gasteiger charge is -2.10. The zero-order valence-electron chi connectivity index (χ0n) is 11.4. The number of rotatable bonds is 5. The zero-order valence-corrected chi connectivity index (χ0v) is 11.4. The molecule has 0 aromatic heterocycles. The SMILES string of the molecule is Cc1cccc(CNc2c(C(=O)O)cccc2[N+](=O)[O-])c1. The number of carboxylic acids is 1. The van der Waals surface area contributed by atoms with Gasteiger partial charge in [0, 0.05) is 12.6 Å². The van der Waals surface area contributed by atoms with Crippen molar-refractivity contribution in [2.24, 2.45) is 0 Å². The van der Waals surface area contributed by atoms with E-state index in [1.165, 1.54) is 18.2 Å². The Morgan fingerprint density at radius 1 is 1.29 bits per heavy atom. The van der Waals surface area contributed by atoms with E-state index in [4.69, 9.17) is 5.11 Å². The van der Waals surface area contributed by atoms with Crippen LogP contribution in [0.15, 0.2) is 42.5 Å². The van der Waals surface area contributed by atoms with Crippen molar-refractivity contribution in [1.29, 1.82) is 0 Å². The monoisotopic (exact) mass is 286 g/mol. The highest BCUT2D eigenvalue weighted by molar-refractivity contribution is 5.96. The van der Waals surface area contributed by atoms with Gasteiger partial charge in [-0.1, -0.05) is 35.9 Å². The molecule has 0 aliphatic rings. The fourth-order valence-corrected chi connectivity index (χ4v) is 2.07. The van der Waals surface area contributed by atoms with Gasteiger partial charge in [0.1, 0.15) is 5.69 Å². The summed E-state index contributed by atoms with van der Waals surface area (Å²) in [4.78, 5) is 21.6. The van der Waals surface area contributed by atoms with Crippen molar-refractivity contribution in [2.45, 2.75) is 13.5 Å². The van der Waals surface area contributed by atoms with Gasteiger partial charge in [0.15, 0.2) is 0 Å². The van der Waals surface area contributed by atoms with Gasteiger partial charge in [-0.15, -0.1) is 0 Å². The normalized spacial score (nSPS) is 10.1. The first-order chi connectivity index (χ1) is 9.99. The van der Waals surface area contributed by atoms with Gasteiger partial charge in [-0.3, -0.25) is 10.1 Å². The Morgan fingerprint density at radius 3 is 2.62 bits per heavy atom. The number of carboxylic acid groups (broad SMARTS) is 1. The molecule has 0 radical (unpaired) electrons. The van der Waals surface area contributed by atoms with Crippen LogP contribution in [0, 0.1) is 17.0 Å². The maximum Gasteiger partial charge on any atom is 0.338 e. The van der Waals surface area contributed by atoms with Gasteiger partial charge in [-0.2, -0.15) is 0 Å². The number of nitrogens with one attached hydrogen (secondary N) is 1. The van der Waals surface area contributed by atoms with Gasteiger partial charge in [0.05, 0.1) is 10.5 Å². The van der Waals surface area contributed by atoms with Crippen LogP contribution in [0.4, 0.5) is 11.4 Å². The zero-order chi connectivity index (χ0) is 15.4. The number of nitro groups is 1.